The third kappa shape index (κ3) is 6.19. The van der Waals surface area contributed by atoms with E-state index in [-0.39, 0.29) is 6.10 Å². The normalized spacial score (nSPS) is 13.4. The van der Waals surface area contributed by atoms with Crippen LogP contribution in [0.1, 0.15) is 26.5 Å². The average Bonchev–Trinajstić information content (AvgIpc) is 2.80. The number of hydrogen-bond donors (Lipinski definition) is 2. The van der Waals surface area contributed by atoms with Crippen molar-refractivity contribution in [1.82, 2.24) is 10.2 Å². The second-order valence-corrected chi connectivity index (χ2v) is 5.11. The van der Waals surface area contributed by atoms with Gasteiger partial charge in [0.05, 0.1) is 18.9 Å². The number of hydrogen-bond acceptors (Lipinski definition) is 4. The minimum absolute atomic E-state index is 0.335. The molecule has 0 spiro atoms. The van der Waals surface area contributed by atoms with Gasteiger partial charge in [0.15, 0.2) is 0 Å². The van der Waals surface area contributed by atoms with E-state index < -0.39 is 0 Å². The lowest BCUT2D eigenvalue weighted by molar-refractivity contribution is 0.106. The summed E-state index contributed by atoms with van der Waals surface area (Å²) in [4.78, 5) is 2.18. The Labute approximate surface area is 110 Å². The predicted molar refractivity (Wildman–Crippen MR) is 73.4 cm³/mol. The molecule has 0 bridgehead atoms. The van der Waals surface area contributed by atoms with Crippen LogP contribution >= 0.6 is 0 Å². The highest BCUT2D eigenvalue weighted by atomic mass is 16.3. The standard InChI is InChI=1S/C14H26N2O2/c1-4-16(11-14-6-5-7-18-14)10-13(17)9-15-8-12(2)3/h5-7,12-13,15,17H,4,8-11H2,1-3H3. The SMILES string of the molecule is CCN(Cc1ccco1)CC(O)CNCC(C)C. The summed E-state index contributed by atoms with van der Waals surface area (Å²) in [5, 5.41) is 13.2. The second kappa shape index (κ2) is 8.29. The highest BCUT2D eigenvalue weighted by molar-refractivity contribution is 4.97. The molecule has 1 heterocycles. The molecule has 4 nitrogen and oxygen atoms in total. The lowest BCUT2D eigenvalue weighted by Gasteiger charge is -2.23. The summed E-state index contributed by atoms with van der Waals surface area (Å²) in [5.41, 5.74) is 0. The van der Waals surface area contributed by atoms with E-state index in [1.807, 2.05) is 12.1 Å². The molecule has 0 aliphatic heterocycles. The van der Waals surface area contributed by atoms with Crippen molar-refractivity contribution >= 4 is 0 Å². The Balaban J connectivity index is 2.24. The summed E-state index contributed by atoms with van der Waals surface area (Å²) < 4.78 is 5.32. The van der Waals surface area contributed by atoms with E-state index in [0.29, 0.717) is 19.0 Å². The van der Waals surface area contributed by atoms with E-state index in [4.69, 9.17) is 4.42 Å². The van der Waals surface area contributed by atoms with Crippen molar-refractivity contribution in [3.05, 3.63) is 24.2 Å². The van der Waals surface area contributed by atoms with Gasteiger partial charge in [-0.1, -0.05) is 20.8 Å². The van der Waals surface area contributed by atoms with Crippen LogP contribution in [0.2, 0.25) is 0 Å². The molecule has 0 amide bonds. The van der Waals surface area contributed by atoms with Crippen molar-refractivity contribution < 1.29 is 9.52 Å². The van der Waals surface area contributed by atoms with Gasteiger partial charge in [0.2, 0.25) is 0 Å². The van der Waals surface area contributed by atoms with Crippen LogP contribution in [-0.2, 0) is 6.54 Å². The molecule has 0 saturated heterocycles. The van der Waals surface area contributed by atoms with Gasteiger partial charge in [-0.05, 0) is 31.1 Å². The molecule has 4 heteroatoms. The zero-order chi connectivity index (χ0) is 13.4. The summed E-state index contributed by atoms with van der Waals surface area (Å²) in [6, 6.07) is 3.86. The molecular weight excluding hydrogens is 228 g/mol. The van der Waals surface area contributed by atoms with Crippen molar-refractivity contribution in [2.24, 2.45) is 5.92 Å². The van der Waals surface area contributed by atoms with E-state index in [0.717, 1.165) is 25.4 Å². The zero-order valence-corrected chi connectivity index (χ0v) is 11.7. The Kier molecular flexibility index (Phi) is 7.01. The van der Waals surface area contributed by atoms with Gasteiger partial charge >= 0.3 is 0 Å². The number of rotatable bonds is 9. The minimum Gasteiger partial charge on any atom is -0.468 e. The largest absolute Gasteiger partial charge is 0.468 e. The maximum absolute atomic E-state index is 9.96. The first kappa shape index (κ1) is 15.2. The van der Waals surface area contributed by atoms with Crippen LogP contribution in [-0.4, -0.2) is 42.3 Å². The van der Waals surface area contributed by atoms with Crippen LogP contribution in [0.3, 0.4) is 0 Å². The van der Waals surface area contributed by atoms with Crippen molar-refractivity contribution in [3.63, 3.8) is 0 Å². The molecular formula is C14H26N2O2. The Morgan fingerprint density at radius 1 is 1.39 bits per heavy atom. The molecule has 0 aliphatic rings. The Bertz CT molecular complexity index is 299. The van der Waals surface area contributed by atoms with Crippen LogP contribution in [0.4, 0.5) is 0 Å². The van der Waals surface area contributed by atoms with Gasteiger partial charge in [-0.3, -0.25) is 4.90 Å². The Hall–Kier alpha value is -0.840. The molecule has 1 unspecified atom stereocenters. The van der Waals surface area contributed by atoms with Crippen LogP contribution in [0.5, 0.6) is 0 Å². The summed E-state index contributed by atoms with van der Waals surface area (Å²) in [5.74, 6) is 1.56. The lowest BCUT2D eigenvalue weighted by atomic mass is 10.2. The summed E-state index contributed by atoms with van der Waals surface area (Å²) in [6.07, 6.45) is 1.35. The van der Waals surface area contributed by atoms with Crippen LogP contribution < -0.4 is 5.32 Å². The summed E-state index contributed by atoms with van der Waals surface area (Å²) >= 11 is 0. The molecule has 1 aromatic rings. The highest BCUT2D eigenvalue weighted by Crippen LogP contribution is 2.05. The molecule has 0 fully saturated rings. The fourth-order valence-electron chi connectivity index (χ4n) is 1.83. The minimum atomic E-state index is -0.335. The van der Waals surface area contributed by atoms with Crippen molar-refractivity contribution in [2.45, 2.75) is 33.4 Å². The molecule has 104 valence electrons. The van der Waals surface area contributed by atoms with E-state index in [1.165, 1.54) is 0 Å². The molecule has 1 atom stereocenters. The molecule has 2 N–H and O–H groups in total. The van der Waals surface area contributed by atoms with E-state index in [1.54, 1.807) is 6.26 Å². The first-order chi connectivity index (χ1) is 8.61. The Morgan fingerprint density at radius 2 is 2.17 bits per heavy atom. The molecule has 18 heavy (non-hydrogen) atoms. The fraction of sp³-hybridized carbons (Fsp3) is 0.714. The predicted octanol–water partition coefficient (Wildman–Crippen LogP) is 1.71. The smallest absolute Gasteiger partial charge is 0.117 e. The maximum atomic E-state index is 9.96. The molecule has 1 rings (SSSR count). The first-order valence-corrected chi connectivity index (χ1v) is 6.75. The van der Waals surface area contributed by atoms with Gasteiger partial charge in [0.1, 0.15) is 5.76 Å². The van der Waals surface area contributed by atoms with E-state index in [2.05, 4.69) is 31.0 Å². The third-order valence-electron chi connectivity index (χ3n) is 2.81. The van der Waals surface area contributed by atoms with Crippen LogP contribution in [0.25, 0.3) is 0 Å². The van der Waals surface area contributed by atoms with Crippen LogP contribution in [0, 0.1) is 5.92 Å². The quantitative estimate of drug-likeness (QED) is 0.704. The summed E-state index contributed by atoms with van der Waals surface area (Å²) in [6.45, 7) is 10.3. The average molecular weight is 254 g/mol. The van der Waals surface area contributed by atoms with Crippen molar-refractivity contribution in [3.8, 4) is 0 Å². The zero-order valence-electron chi connectivity index (χ0n) is 11.7. The van der Waals surface area contributed by atoms with Gasteiger partial charge in [-0.15, -0.1) is 0 Å². The Morgan fingerprint density at radius 3 is 2.72 bits per heavy atom. The number of furan rings is 1. The maximum Gasteiger partial charge on any atom is 0.117 e. The number of likely N-dealkylation sites (N-methyl/N-ethyl adjacent to an activating group) is 1. The molecule has 0 aliphatic carbocycles. The summed E-state index contributed by atoms with van der Waals surface area (Å²) in [7, 11) is 0. The number of aliphatic hydroxyl groups is 1. The van der Waals surface area contributed by atoms with Gasteiger partial charge in [0, 0.05) is 13.1 Å². The number of aliphatic hydroxyl groups excluding tert-OH is 1. The van der Waals surface area contributed by atoms with Gasteiger partial charge in [0.25, 0.3) is 0 Å². The molecule has 1 aromatic heterocycles. The van der Waals surface area contributed by atoms with Crippen molar-refractivity contribution in [1.29, 1.82) is 0 Å². The highest BCUT2D eigenvalue weighted by Gasteiger charge is 2.11. The van der Waals surface area contributed by atoms with Gasteiger partial charge < -0.3 is 14.8 Å². The fourth-order valence-corrected chi connectivity index (χ4v) is 1.83. The van der Waals surface area contributed by atoms with Crippen LogP contribution in [0.15, 0.2) is 22.8 Å². The molecule has 0 radical (unpaired) electrons. The lowest BCUT2D eigenvalue weighted by Crippen LogP contribution is -2.38. The topological polar surface area (TPSA) is 48.6 Å². The third-order valence-corrected chi connectivity index (χ3v) is 2.81. The second-order valence-electron chi connectivity index (χ2n) is 5.11. The number of nitrogens with zero attached hydrogens (tertiary/aromatic N) is 1. The van der Waals surface area contributed by atoms with Crippen molar-refractivity contribution in [2.75, 3.05) is 26.2 Å². The van der Waals surface area contributed by atoms with E-state index >= 15 is 0 Å². The van der Waals surface area contributed by atoms with Gasteiger partial charge in [-0.2, -0.15) is 0 Å². The number of nitrogens with one attached hydrogen (secondary N) is 1. The van der Waals surface area contributed by atoms with E-state index in [9.17, 15) is 5.11 Å². The molecule has 0 aromatic carbocycles. The first-order valence-electron chi connectivity index (χ1n) is 6.75. The van der Waals surface area contributed by atoms with Gasteiger partial charge in [-0.25, -0.2) is 0 Å². The monoisotopic (exact) mass is 254 g/mol. The molecule has 0 saturated carbocycles.